The van der Waals surface area contributed by atoms with E-state index in [9.17, 15) is 4.79 Å². The highest BCUT2D eigenvalue weighted by Crippen LogP contribution is 2.32. The van der Waals surface area contributed by atoms with Crippen LogP contribution in [-0.4, -0.2) is 29.6 Å². The Bertz CT molecular complexity index is 441. The number of hydrogen-bond acceptors (Lipinski definition) is 2. The predicted molar refractivity (Wildman–Crippen MR) is 92.4 cm³/mol. The maximum Gasteiger partial charge on any atom is 0.251 e. The standard InChI is InChI=1S/C19H34N2O/c1-12(2)10-11-21-18(15(5)16(6)19(21)22)20-17-9-7-8-13(3)14(17)4/h12-14,17-18,20H,7-11H2,1-6H3/t13-,14-,17-,18-/m1/s1. The van der Waals surface area contributed by atoms with E-state index < -0.39 is 0 Å². The van der Waals surface area contributed by atoms with Gasteiger partial charge in [0.05, 0.1) is 0 Å². The molecule has 0 aromatic carbocycles. The molecule has 3 nitrogen and oxygen atoms in total. The summed E-state index contributed by atoms with van der Waals surface area (Å²) in [6.45, 7) is 14.1. The number of nitrogens with one attached hydrogen (secondary N) is 1. The summed E-state index contributed by atoms with van der Waals surface area (Å²) in [7, 11) is 0. The summed E-state index contributed by atoms with van der Waals surface area (Å²) in [5.74, 6) is 2.32. The summed E-state index contributed by atoms with van der Waals surface area (Å²) >= 11 is 0. The van der Waals surface area contributed by atoms with Crippen molar-refractivity contribution in [3.8, 4) is 0 Å². The minimum Gasteiger partial charge on any atom is -0.319 e. The van der Waals surface area contributed by atoms with Crippen LogP contribution >= 0.6 is 0 Å². The average molecular weight is 306 g/mol. The summed E-state index contributed by atoms with van der Waals surface area (Å²) in [4.78, 5) is 14.6. The monoisotopic (exact) mass is 306 g/mol. The number of amides is 1. The highest BCUT2D eigenvalue weighted by atomic mass is 16.2. The van der Waals surface area contributed by atoms with E-state index in [0.29, 0.717) is 17.9 Å². The smallest absolute Gasteiger partial charge is 0.251 e. The van der Waals surface area contributed by atoms with Crippen molar-refractivity contribution in [2.24, 2.45) is 17.8 Å². The lowest BCUT2D eigenvalue weighted by Gasteiger charge is -2.39. The van der Waals surface area contributed by atoms with Gasteiger partial charge in [-0.15, -0.1) is 0 Å². The maximum absolute atomic E-state index is 12.6. The molecule has 3 heteroatoms. The minimum absolute atomic E-state index is 0.115. The molecule has 1 saturated carbocycles. The minimum atomic E-state index is 0.115. The van der Waals surface area contributed by atoms with Crippen LogP contribution in [-0.2, 0) is 4.79 Å². The largest absolute Gasteiger partial charge is 0.319 e. The Morgan fingerprint density at radius 1 is 1.23 bits per heavy atom. The fourth-order valence-electron chi connectivity index (χ4n) is 3.80. The first-order chi connectivity index (χ1) is 10.3. The topological polar surface area (TPSA) is 32.3 Å². The van der Waals surface area contributed by atoms with E-state index in [-0.39, 0.29) is 12.1 Å². The molecule has 0 aromatic rings. The van der Waals surface area contributed by atoms with Gasteiger partial charge < -0.3 is 4.90 Å². The van der Waals surface area contributed by atoms with Gasteiger partial charge in [0.25, 0.3) is 5.91 Å². The van der Waals surface area contributed by atoms with Gasteiger partial charge in [0.1, 0.15) is 6.17 Å². The number of carbonyl (C=O) groups is 1. The number of rotatable bonds is 5. The Morgan fingerprint density at radius 3 is 2.55 bits per heavy atom. The second kappa shape index (κ2) is 7.16. The Kier molecular flexibility index (Phi) is 5.70. The zero-order valence-corrected chi connectivity index (χ0v) is 15.3. The third kappa shape index (κ3) is 3.56. The molecule has 1 aliphatic heterocycles. The zero-order chi connectivity index (χ0) is 16.4. The van der Waals surface area contributed by atoms with Gasteiger partial charge in [-0.1, -0.05) is 40.5 Å². The predicted octanol–water partition coefficient (Wildman–Crippen LogP) is 3.95. The second-order valence-corrected chi connectivity index (χ2v) is 7.93. The fraction of sp³-hybridized carbons (Fsp3) is 0.842. The van der Waals surface area contributed by atoms with E-state index >= 15 is 0 Å². The van der Waals surface area contributed by atoms with Crippen molar-refractivity contribution in [1.29, 1.82) is 0 Å². The van der Waals surface area contributed by atoms with Crippen molar-refractivity contribution in [3.63, 3.8) is 0 Å². The molecule has 22 heavy (non-hydrogen) atoms. The van der Waals surface area contributed by atoms with E-state index in [1.54, 1.807) is 0 Å². The number of hydrogen-bond donors (Lipinski definition) is 1. The molecule has 1 aliphatic carbocycles. The van der Waals surface area contributed by atoms with Crippen LogP contribution in [0.5, 0.6) is 0 Å². The maximum atomic E-state index is 12.6. The van der Waals surface area contributed by atoms with Crippen LogP contribution < -0.4 is 5.32 Å². The summed E-state index contributed by atoms with van der Waals surface area (Å²) < 4.78 is 0. The molecule has 2 aliphatic rings. The van der Waals surface area contributed by atoms with Crippen LogP contribution in [0.2, 0.25) is 0 Å². The van der Waals surface area contributed by atoms with E-state index in [4.69, 9.17) is 0 Å². The van der Waals surface area contributed by atoms with E-state index in [0.717, 1.165) is 24.5 Å². The van der Waals surface area contributed by atoms with Gasteiger partial charge in [-0.05, 0) is 50.0 Å². The number of nitrogens with zero attached hydrogens (tertiary/aromatic N) is 1. The van der Waals surface area contributed by atoms with Crippen LogP contribution in [0.4, 0.5) is 0 Å². The van der Waals surface area contributed by atoms with E-state index in [2.05, 4.69) is 44.8 Å². The lowest BCUT2D eigenvalue weighted by molar-refractivity contribution is -0.127. The summed E-state index contributed by atoms with van der Waals surface area (Å²) in [6, 6.07) is 0.531. The molecule has 126 valence electrons. The summed E-state index contributed by atoms with van der Waals surface area (Å²) in [5.41, 5.74) is 2.16. The Morgan fingerprint density at radius 2 is 1.91 bits per heavy atom. The second-order valence-electron chi connectivity index (χ2n) is 7.93. The molecule has 2 rings (SSSR count). The Balaban J connectivity index is 2.09. The van der Waals surface area contributed by atoms with E-state index in [1.807, 2.05) is 6.92 Å². The van der Waals surface area contributed by atoms with Crippen LogP contribution in [0, 0.1) is 17.8 Å². The molecular weight excluding hydrogens is 272 g/mol. The van der Waals surface area contributed by atoms with Gasteiger partial charge in [-0.3, -0.25) is 10.1 Å². The van der Waals surface area contributed by atoms with E-state index in [1.165, 1.54) is 24.8 Å². The number of carbonyl (C=O) groups excluding carboxylic acids is 1. The molecule has 1 heterocycles. The van der Waals surface area contributed by atoms with Crippen molar-refractivity contribution >= 4 is 5.91 Å². The van der Waals surface area contributed by atoms with Crippen molar-refractivity contribution in [2.75, 3.05) is 6.54 Å². The third-order valence-corrected chi connectivity index (χ3v) is 5.92. The molecule has 0 aromatic heterocycles. The van der Waals surface area contributed by atoms with Crippen LogP contribution in [0.15, 0.2) is 11.1 Å². The molecule has 0 unspecified atom stereocenters. The molecule has 1 N–H and O–H groups in total. The molecule has 0 bridgehead atoms. The quantitative estimate of drug-likeness (QED) is 0.834. The molecule has 0 radical (unpaired) electrons. The summed E-state index contributed by atoms with van der Waals surface area (Å²) in [6.07, 6.45) is 5.07. The molecule has 1 fully saturated rings. The highest BCUT2D eigenvalue weighted by Gasteiger charge is 2.37. The highest BCUT2D eigenvalue weighted by molar-refractivity contribution is 5.96. The van der Waals surface area contributed by atoms with Gasteiger partial charge in [0.2, 0.25) is 0 Å². The average Bonchev–Trinajstić information content (AvgIpc) is 2.66. The van der Waals surface area contributed by atoms with Crippen LogP contribution in [0.1, 0.15) is 67.2 Å². The van der Waals surface area contributed by atoms with Crippen molar-refractivity contribution < 1.29 is 4.79 Å². The SMILES string of the molecule is CC1=C(C)[C@H](N[C@@H]2CCC[C@@H](C)[C@H]2C)N(CCC(C)C)C1=O. The molecule has 0 saturated heterocycles. The van der Waals surface area contributed by atoms with Crippen LogP contribution in [0.25, 0.3) is 0 Å². The van der Waals surface area contributed by atoms with Crippen LogP contribution in [0.3, 0.4) is 0 Å². The van der Waals surface area contributed by atoms with Gasteiger partial charge in [-0.2, -0.15) is 0 Å². The third-order valence-electron chi connectivity index (χ3n) is 5.92. The molecule has 1 amide bonds. The zero-order valence-electron chi connectivity index (χ0n) is 15.3. The van der Waals surface area contributed by atoms with Gasteiger partial charge >= 0.3 is 0 Å². The molecular formula is C19H34N2O. The lowest BCUT2D eigenvalue weighted by atomic mass is 9.78. The van der Waals surface area contributed by atoms with Crippen molar-refractivity contribution in [2.45, 2.75) is 79.4 Å². The van der Waals surface area contributed by atoms with Crippen molar-refractivity contribution in [1.82, 2.24) is 10.2 Å². The molecule has 0 spiro atoms. The Labute approximate surface area is 136 Å². The van der Waals surface area contributed by atoms with Gasteiger partial charge in [0.15, 0.2) is 0 Å². The lowest BCUT2D eigenvalue weighted by Crippen LogP contribution is -2.53. The van der Waals surface area contributed by atoms with Gasteiger partial charge in [-0.25, -0.2) is 0 Å². The molecule has 4 atom stereocenters. The first kappa shape index (κ1) is 17.5. The first-order valence-electron chi connectivity index (χ1n) is 9.07. The normalized spacial score (nSPS) is 33.2. The van der Waals surface area contributed by atoms with Gasteiger partial charge in [0, 0.05) is 18.2 Å². The summed E-state index contributed by atoms with van der Waals surface area (Å²) in [5, 5.41) is 3.83. The fourth-order valence-corrected chi connectivity index (χ4v) is 3.80. The first-order valence-corrected chi connectivity index (χ1v) is 9.07. The van der Waals surface area contributed by atoms with Crippen molar-refractivity contribution in [3.05, 3.63) is 11.1 Å². The Hall–Kier alpha value is -0.830.